The molecule has 1 rings (SSSR count). The van der Waals surface area contributed by atoms with Gasteiger partial charge in [-0.1, -0.05) is 19.0 Å². The van der Waals surface area contributed by atoms with Gasteiger partial charge in [-0.05, 0) is 19.3 Å². The summed E-state index contributed by atoms with van der Waals surface area (Å²) in [5, 5.41) is 3.88. The zero-order valence-corrected chi connectivity index (χ0v) is 11.6. The normalized spacial score (nSPS) is 12.8. The topological polar surface area (TPSA) is 72.4 Å². The molecule has 0 aliphatic heterocycles. The third-order valence-electron chi connectivity index (χ3n) is 2.84. The zero-order chi connectivity index (χ0) is 13.7. The molecule has 5 heteroatoms. The lowest BCUT2D eigenvalue weighted by Gasteiger charge is -2.23. The first-order chi connectivity index (χ1) is 8.43. The molecule has 0 aromatic carbocycles. The molecule has 0 saturated carbocycles. The minimum absolute atomic E-state index is 0.0758. The van der Waals surface area contributed by atoms with Crippen molar-refractivity contribution >= 4 is 5.91 Å². The van der Waals surface area contributed by atoms with Gasteiger partial charge in [0.05, 0.1) is 12.5 Å². The molecule has 0 saturated heterocycles. The molecule has 0 radical (unpaired) electrons. The van der Waals surface area contributed by atoms with E-state index in [1.165, 1.54) is 0 Å². The number of hydrogen-bond acceptors (Lipinski definition) is 4. The first-order valence-corrected chi connectivity index (χ1v) is 6.31. The van der Waals surface area contributed by atoms with Crippen LogP contribution >= 0.6 is 0 Å². The van der Waals surface area contributed by atoms with E-state index < -0.39 is 0 Å². The first kappa shape index (κ1) is 14.7. The maximum Gasteiger partial charge on any atom is 0.227 e. The van der Waals surface area contributed by atoms with Gasteiger partial charge in [0.2, 0.25) is 5.91 Å². The van der Waals surface area contributed by atoms with E-state index in [1.807, 2.05) is 13.0 Å². The standard InChI is InChI=1S/C13H23N3O2/c1-9(2)5-11(7-14)13(17)16(4)8-12-6-10(3)18-15-12/h6,9,11H,5,7-8,14H2,1-4H3. The lowest BCUT2D eigenvalue weighted by molar-refractivity contribution is -0.135. The molecule has 1 aromatic heterocycles. The maximum atomic E-state index is 12.2. The van der Waals surface area contributed by atoms with Crippen molar-refractivity contribution in [2.24, 2.45) is 17.6 Å². The minimum atomic E-state index is -0.108. The van der Waals surface area contributed by atoms with Crippen LogP contribution in [0.2, 0.25) is 0 Å². The van der Waals surface area contributed by atoms with Crippen LogP contribution in [0.1, 0.15) is 31.7 Å². The Kier molecular flexibility index (Phi) is 5.34. The van der Waals surface area contributed by atoms with Crippen LogP contribution in [0, 0.1) is 18.8 Å². The van der Waals surface area contributed by atoms with Crippen molar-refractivity contribution in [3.05, 3.63) is 17.5 Å². The van der Waals surface area contributed by atoms with Gasteiger partial charge in [-0.25, -0.2) is 0 Å². The third kappa shape index (κ3) is 4.14. The molecule has 102 valence electrons. The fraction of sp³-hybridized carbons (Fsp3) is 0.692. The molecule has 18 heavy (non-hydrogen) atoms. The van der Waals surface area contributed by atoms with Gasteiger partial charge in [0.25, 0.3) is 0 Å². The average Bonchev–Trinajstić information content (AvgIpc) is 2.70. The van der Waals surface area contributed by atoms with Crippen molar-refractivity contribution in [1.82, 2.24) is 10.1 Å². The molecule has 1 heterocycles. The van der Waals surface area contributed by atoms with Gasteiger partial charge in [-0.3, -0.25) is 4.79 Å². The van der Waals surface area contributed by atoms with Crippen molar-refractivity contribution in [3.8, 4) is 0 Å². The van der Waals surface area contributed by atoms with Gasteiger partial charge >= 0.3 is 0 Å². The predicted molar refractivity (Wildman–Crippen MR) is 69.7 cm³/mol. The Bertz CT molecular complexity index is 387. The average molecular weight is 253 g/mol. The molecule has 0 bridgehead atoms. The lowest BCUT2D eigenvalue weighted by atomic mass is 9.96. The SMILES string of the molecule is Cc1cc(CN(C)C(=O)C(CN)CC(C)C)no1. The van der Waals surface area contributed by atoms with Crippen LogP contribution in [-0.2, 0) is 11.3 Å². The fourth-order valence-corrected chi connectivity index (χ4v) is 1.99. The molecule has 1 amide bonds. The number of aryl methyl sites for hydroxylation is 1. The van der Waals surface area contributed by atoms with E-state index >= 15 is 0 Å². The van der Waals surface area contributed by atoms with E-state index in [9.17, 15) is 4.79 Å². The molecular weight excluding hydrogens is 230 g/mol. The summed E-state index contributed by atoms with van der Waals surface area (Å²) < 4.78 is 4.98. The second kappa shape index (κ2) is 6.54. The molecular formula is C13H23N3O2. The summed E-state index contributed by atoms with van der Waals surface area (Å²) in [6.45, 7) is 6.87. The smallest absolute Gasteiger partial charge is 0.227 e. The van der Waals surface area contributed by atoms with E-state index in [-0.39, 0.29) is 11.8 Å². The van der Waals surface area contributed by atoms with Gasteiger partial charge in [0.1, 0.15) is 11.5 Å². The van der Waals surface area contributed by atoms with E-state index in [0.29, 0.717) is 19.0 Å². The molecule has 1 atom stereocenters. The van der Waals surface area contributed by atoms with Crippen LogP contribution in [0.5, 0.6) is 0 Å². The van der Waals surface area contributed by atoms with E-state index in [4.69, 9.17) is 10.3 Å². The summed E-state index contributed by atoms with van der Waals surface area (Å²) in [6, 6.07) is 1.84. The van der Waals surface area contributed by atoms with Crippen LogP contribution in [0.3, 0.4) is 0 Å². The predicted octanol–water partition coefficient (Wildman–Crippen LogP) is 1.56. The molecule has 1 unspecified atom stereocenters. The van der Waals surface area contributed by atoms with Gasteiger partial charge in [0.15, 0.2) is 0 Å². The monoisotopic (exact) mass is 253 g/mol. The van der Waals surface area contributed by atoms with E-state index in [2.05, 4.69) is 19.0 Å². The maximum absolute atomic E-state index is 12.2. The summed E-state index contributed by atoms with van der Waals surface area (Å²) in [7, 11) is 1.77. The molecule has 0 fully saturated rings. The minimum Gasteiger partial charge on any atom is -0.361 e. The number of carbonyl (C=O) groups excluding carboxylic acids is 1. The fourth-order valence-electron chi connectivity index (χ4n) is 1.99. The van der Waals surface area contributed by atoms with Crippen LogP contribution in [0.4, 0.5) is 0 Å². The molecule has 5 nitrogen and oxygen atoms in total. The van der Waals surface area contributed by atoms with Crippen molar-refractivity contribution in [3.63, 3.8) is 0 Å². The Morgan fingerprint density at radius 2 is 2.22 bits per heavy atom. The number of nitrogens with zero attached hydrogens (tertiary/aromatic N) is 2. The molecule has 0 aliphatic carbocycles. The van der Waals surface area contributed by atoms with Crippen LogP contribution in [-0.4, -0.2) is 29.6 Å². The quantitative estimate of drug-likeness (QED) is 0.835. The number of carbonyl (C=O) groups is 1. The van der Waals surface area contributed by atoms with Crippen molar-refractivity contribution in [2.75, 3.05) is 13.6 Å². The van der Waals surface area contributed by atoms with Crippen molar-refractivity contribution < 1.29 is 9.32 Å². The van der Waals surface area contributed by atoms with Gasteiger partial charge in [0, 0.05) is 19.7 Å². The number of rotatable bonds is 6. The van der Waals surface area contributed by atoms with Crippen LogP contribution in [0.15, 0.2) is 10.6 Å². The highest BCUT2D eigenvalue weighted by molar-refractivity contribution is 5.78. The number of hydrogen-bond donors (Lipinski definition) is 1. The Morgan fingerprint density at radius 1 is 1.56 bits per heavy atom. The Hall–Kier alpha value is -1.36. The van der Waals surface area contributed by atoms with Crippen molar-refractivity contribution in [2.45, 2.75) is 33.7 Å². The molecule has 2 N–H and O–H groups in total. The zero-order valence-electron chi connectivity index (χ0n) is 11.6. The number of aromatic nitrogens is 1. The van der Waals surface area contributed by atoms with Crippen LogP contribution < -0.4 is 5.73 Å². The summed E-state index contributed by atoms with van der Waals surface area (Å²) in [5.74, 6) is 1.18. The number of nitrogens with two attached hydrogens (primary N) is 1. The highest BCUT2D eigenvalue weighted by Crippen LogP contribution is 2.14. The second-order valence-corrected chi connectivity index (χ2v) is 5.19. The highest BCUT2D eigenvalue weighted by Gasteiger charge is 2.22. The second-order valence-electron chi connectivity index (χ2n) is 5.19. The summed E-state index contributed by atoms with van der Waals surface area (Å²) in [6.07, 6.45) is 0.817. The van der Waals surface area contributed by atoms with E-state index in [0.717, 1.165) is 17.9 Å². The Balaban J connectivity index is 2.59. The van der Waals surface area contributed by atoms with E-state index in [1.54, 1.807) is 11.9 Å². The van der Waals surface area contributed by atoms with Gasteiger partial charge in [-0.2, -0.15) is 0 Å². The third-order valence-corrected chi connectivity index (χ3v) is 2.84. The lowest BCUT2D eigenvalue weighted by Crippen LogP contribution is -2.37. The van der Waals surface area contributed by atoms with Gasteiger partial charge < -0.3 is 15.2 Å². The molecule has 0 aliphatic rings. The number of amides is 1. The highest BCUT2D eigenvalue weighted by atomic mass is 16.5. The summed E-state index contributed by atoms with van der Waals surface area (Å²) in [4.78, 5) is 13.9. The molecule has 0 spiro atoms. The Labute approximate surface area is 108 Å². The molecule has 1 aromatic rings. The van der Waals surface area contributed by atoms with Crippen molar-refractivity contribution in [1.29, 1.82) is 0 Å². The largest absolute Gasteiger partial charge is 0.361 e. The first-order valence-electron chi connectivity index (χ1n) is 6.31. The summed E-state index contributed by atoms with van der Waals surface area (Å²) in [5.41, 5.74) is 6.44. The summed E-state index contributed by atoms with van der Waals surface area (Å²) >= 11 is 0. The van der Waals surface area contributed by atoms with Crippen LogP contribution in [0.25, 0.3) is 0 Å². The Morgan fingerprint density at radius 3 is 2.67 bits per heavy atom. The van der Waals surface area contributed by atoms with Gasteiger partial charge in [-0.15, -0.1) is 0 Å².